The van der Waals surface area contributed by atoms with Crippen LogP contribution in [-0.4, -0.2) is 57.3 Å². The summed E-state index contributed by atoms with van der Waals surface area (Å²) in [6.07, 6.45) is 62.6. The highest BCUT2D eigenvalue weighted by Crippen LogP contribution is 2.18. The van der Waals surface area contributed by atoms with E-state index < -0.39 is 36.9 Å². The Hall–Kier alpha value is -1.21. The molecular formula is C57H111NO5. The molecule has 0 bridgehead atoms. The first-order chi connectivity index (χ1) is 31.0. The number of amides is 1. The van der Waals surface area contributed by atoms with Gasteiger partial charge >= 0.3 is 0 Å². The van der Waals surface area contributed by atoms with Gasteiger partial charge in [-0.2, -0.15) is 0 Å². The minimum Gasteiger partial charge on any atom is -0.394 e. The predicted molar refractivity (Wildman–Crippen MR) is 274 cm³/mol. The van der Waals surface area contributed by atoms with Crippen molar-refractivity contribution in [3.05, 3.63) is 24.3 Å². The highest BCUT2D eigenvalue weighted by atomic mass is 16.3. The average molecular weight is 891 g/mol. The molecule has 4 atom stereocenters. The van der Waals surface area contributed by atoms with Crippen LogP contribution in [0.5, 0.6) is 0 Å². The number of aliphatic hydroxyl groups excluding tert-OH is 4. The number of nitrogens with one attached hydrogen (secondary N) is 1. The minimum absolute atomic E-state index is 0.350. The maximum Gasteiger partial charge on any atom is 0.249 e. The number of carbonyl (C=O) groups excluding carboxylic acids is 1. The lowest BCUT2D eigenvalue weighted by molar-refractivity contribution is -0.132. The van der Waals surface area contributed by atoms with Crippen LogP contribution in [-0.2, 0) is 4.79 Å². The van der Waals surface area contributed by atoms with Crippen molar-refractivity contribution in [2.75, 3.05) is 6.61 Å². The second-order valence-corrected chi connectivity index (χ2v) is 19.6. The van der Waals surface area contributed by atoms with Gasteiger partial charge in [0, 0.05) is 0 Å². The van der Waals surface area contributed by atoms with Crippen LogP contribution in [0.4, 0.5) is 0 Å². The lowest BCUT2D eigenvalue weighted by Crippen LogP contribution is -2.53. The zero-order valence-electron chi connectivity index (χ0n) is 42.3. The van der Waals surface area contributed by atoms with Crippen LogP contribution >= 0.6 is 0 Å². The molecule has 374 valence electrons. The van der Waals surface area contributed by atoms with Crippen LogP contribution < -0.4 is 5.32 Å². The SMILES string of the molecule is CCCCCCCCCCC/C=C\CCCCCCC(O)C(=O)NC(CO)C(O)C(O)CCC/C=C/CCCCCCCCCCCCCCCCCCCCCCCCCCC. The van der Waals surface area contributed by atoms with E-state index in [-0.39, 0.29) is 0 Å². The number of allylic oxidation sites excluding steroid dienone is 4. The summed E-state index contributed by atoms with van der Waals surface area (Å²) in [5.41, 5.74) is 0. The molecule has 0 heterocycles. The molecule has 0 radical (unpaired) electrons. The van der Waals surface area contributed by atoms with Crippen LogP contribution in [0.1, 0.15) is 303 Å². The van der Waals surface area contributed by atoms with E-state index in [0.29, 0.717) is 12.8 Å². The van der Waals surface area contributed by atoms with Gasteiger partial charge in [0.1, 0.15) is 12.2 Å². The van der Waals surface area contributed by atoms with Crippen LogP contribution in [0.25, 0.3) is 0 Å². The van der Waals surface area contributed by atoms with Crippen LogP contribution in [0.2, 0.25) is 0 Å². The molecule has 0 aliphatic rings. The molecule has 0 rings (SSSR count). The van der Waals surface area contributed by atoms with E-state index in [4.69, 9.17) is 0 Å². The van der Waals surface area contributed by atoms with Crippen molar-refractivity contribution in [3.63, 3.8) is 0 Å². The summed E-state index contributed by atoms with van der Waals surface area (Å²) in [5, 5.41) is 43.9. The summed E-state index contributed by atoms with van der Waals surface area (Å²) in [5.74, 6) is -0.599. The molecule has 63 heavy (non-hydrogen) atoms. The Bertz CT molecular complexity index is 955. The molecule has 0 spiro atoms. The van der Waals surface area contributed by atoms with E-state index >= 15 is 0 Å². The molecule has 0 fully saturated rings. The lowest BCUT2D eigenvalue weighted by atomic mass is 10.00. The highest BCUT2D eigenvalue weighted by Gasteiger charge is 2.28. The van der Waals surface area contributed by atoms with Crippen LogP contribution in [0, 0.1) is 0 Å². The Morgan fingerprint density at radius 2 is 0.651 bits per heavy atom. The molecule has 6 heteroatoms. The quantitative estimate of drug-likeness (QED) is 0.0309. The number of rotatable bonds is 52. The van der Waals surface area contributed by atoms with Gasteiger partial charge in [-0.05, 0) is 64.2 Å². The van der Waals surface area contributed by atoms with Crippen molar-refractivity contribution in [3.8, 4) is 0 Å². The monoisotopic (exact) mass is 890 g/mol. The molecule has 6 nitrogen and oxygen atoms in total. The summed E-state index contributed by atoms with van der Waals surface area (Å²) in [7, 11) is 0. The van der Waals surface area contributed by atoms with E-state index in [1.54, 1.807) is 0 Å². The van der Waals surface area contributed by atoms with Gasteiger partial charge in [-0.3, -0.25) is 4.79 Å². The van der Waals surface area contributed by atoms with E-state index in [9.17, 15) is 25.2 Å². The summed E-state index contributed by atoms with van der Waals surface area (Å²) in [6, 6.07) is -1.01. The van der Waals surface area contributed by atoms with Crippen molar-refractivity contribution in [1.29, 1.82) is 0 Å². The lowest BCUT2D eigenvalue weighted by Gasteiger charge is -2.27. The molecule has 1 amide bonds. The summed E-state index contributed by atoms with van der Waals surface area (Å²) in [4.78, 5) is 12.6. The van der Waals surface area contributed by atoms with Crippen molar-refractivity contribution in [1.82, 2.24) is 5.32 Å². The summed E-state index contributed by atoms with van der Waals surface area (Å²) < 4.78 is 0. The Balaban J connectivity index is 3.62. The fourth-order valence-corrected chi connectivity index (χ4v) is 8.93. The molecule has 5 N–H and O–H groups in total. The van der Waals surface area contributed by atoms with Gasteiger partial charge in [0.25, 0.3) is 0 Å². The van der Waals surface area contributed by atoms with Crippen LogP contribution in [0.3, 0.4) is 0 Å². The van der Waals surface area contributed by atoms with Crippen molar-refractivity contribution in [2.24, 2.45) is 0 Å². The van der Waals surface area contributed by atoms with Crippen molar-refractivity contribution < 1.29 is 25.2 Å². The second kappa shape index (κ2) is 51.8. The molecule has 4 unspecified atom stereocenters. The third-order valence-corrected chi connectivity index (χ3v) is 13.4. The molecule has 0 saturated carbocycles. The first-order valence-corrected chi connectivity index (χ1v) is 28.2. The zero-order valence-corrected chi connectivity index (χ0v) is 42.3. The minimum atomic E-state index is -1.29. The van der Waals surface area contributed by atoms with E-state index in [1.807, 2.05) is 0 Å². The van der Waals surface area contributed by atoms with Gasteiger partial charge in [0.15, 0.2) is 0 Å². The normalized spacial score (nSPS) is 13.9. The molecule has 0 aromatic rings. The molecule has 0 saturated heterocycles. The topological polar surface area (TPSA) is 110 Å². The molecule has 0 aliphatic carbocycles. The van der Waals surface area contributed by atoms with Crippen LogP contribution in [0.15, 0.2) is 24.3 Å². The smallest absolute Gasteiger partial charge is 0.249 e. The molecule has 0 aromatic carbocycles. The first-order valence-electron chi connectivity index (χ1n) is 28.2. The number of aliphatic hydroxyl groups is 4. The van der Waals surface area contributed by atoms with E-state index in [2.05, 4.69) is 43.5 Å². The average Bonchev–Trinajstić information content (AvgIpc) is 3.29. The van der Waals surface area contributed by atoms with Gasteiger partial charge in [-0.1, -0.05) is 263 Å². The fourth-order valence-electron chi connectivity index (χ4n) is 8.93. The maximum absolute atomic E-state index is 12.6. The standard InChI is InChI=1S/C57H111NO5/c1-3-5-7-9-11-13-15-17-19-21-22-23-24-25-26-27-28-29-30-31-32-33-35-36-38-40-42-44-46-48-50-54(60)56(62)53(52-59)58-57(63)55(61)51-49-47-45-43-41-39-37-34-20-18-16-14-12-10-8-6-4-2/h37,39,42,44,53-56,59-62H,3-36,38,40-41,43,45-52H2,1-2H3,(H,58,63)/b39-37-,44-42+. The largest absolute Gasteiger partial charge is 0.394 e. The predicted octanol–water partition coefficient (Wildman–Crippen LogP) is 16.3. The summed E-state index contributed by atoms with van der Waals surface area (Å²) in [6.45, 7) is 4.07. The van der Waals surface area contributed by atoms with Gasteiger partial charge < -0.3 is 25.7 Å². The zero-order chi connectivity index (χ0) is 45.9. The highest BCUT2D eigenvalue weighted by molar-refractivity contribution is 5.80. The number of hydrogen-bond acceptors (Lipinski definition) is 5. The van der Waals surface area contributed by atoms with Gasteiger partial charge in [0.2, 0.25) is 5.91 Å². The maximum atomic E-state index is 12.6. The third kappa shape index (κ3) is 45.7. The van der Waals surface area contributed by atoms with E-state index in [1.165, 1.54) is 225 Å². The third-order valence-electron chi connectivity index (χ3n) is 13.4. The van der Waals surface area contributed by atoms with Gasteiger partial charge in [-0.15, -0.1) is 0 Å². The summed E-state index contributed by atoms with van der Waals surface area (Å²) >= 11 is 0. The second-order valence-electron chi connectivity index (χ2n) is 19.6. The molecule has 0 aliphatic heterocycles. The van der Waals surface area contributed by atoms with Gasteiger partial charge in [0.05, 0.1) is 18.8 Å². The Labute approximate surface area is 393 Å². The number of hydrogen-bond donors (Lipinski definition) is 5. The van der Waals surface area contributed by atoms with E-state index in [0.717, 1.165) is 51.4 Å². The first kappa shape index (κ1) is 61.8. The fraction of sp³-hybridized carbons (Fsp3) is 0.912. The van der Waals surface area contributed by atoms with Crippen molar-refractivity contribution >= 4 is 5.91 Å². The van der Waals surface area contributed by atoms with Crippen molar-refractivity contribution in [2.45, 2.75) is 327 Å². The Kier molecular flexibility index (Phi) is 50.8. The molecule has 0 aromatic heterocycles. The Morgan fingerprint density at radius 1 is 0.381 bits per heavy atom. The van der Waals surface area contributed by atoms with Gasteiger partial charge in [-0.25, -0.2) is 0 Å². The Morgan fingerprint density at radius 3 is 0.952 bits per heavy atom. The molecular weight excluding hydrogens is 779 g/mol. The number of unbranched alkanes of at least 4 members (excludes halogenated alkanes) is 39. The number of carbonyl (C=O) groups is 1.